The smallest absolute Gasteiger partial charge is 0.326 e. The highest BCUT2D eigenvalue weighted by Crippen LogP contribution is 2.10. The number of aliphatic hydroxyl groups excluding tert-OH is 1. The normalized spacial score (nSPS) is 16.8. The zero-order valence-corrected chi connectivity index (χ0v) is 19.3. The van der Waals surface area contributed by atoms with Crippen LogP contribution < -0.4 is 27.4 Å². The third kappa shape index (κ3) is 10.1. The first kappa shape index (κ1) is 29.3. The maximum atomic E-state index is 12.8. The molecular weight excluding hydrogens is 422 g/mol. The lowest BCUT2D eigenvalue weighted by atomic mass is 9.96. The fourth-order valence-corrected chi connectivity index (χ4v) is 2.89. The third-order valence-corrected chi connectivity index (χ3v) is 4.94. The molecule has 4 amide bonds. The van der Waals surface area contributed by atoms with Gasteiger partial charge < -0.3 is 37.6 Å². The Morgan fingerprint density at radius 2 is 1.38 bits per heavy atom. The number of carbonyl (C=O) groups excluding carboxylic acids is 4. The van der Waals surface area contributed by atoms with Crippen molar-refractivity contribution in [3.05, 3.63) is 0 Å². The van der Waals surface area contributed by atoms with Crippen LogP contribution in [0.4, 0.5) is 0 Å². The molecule has 0 aromatic heterocycles. The molecular formula is C20H37N5O7. The molecule has 0 aliphatic heterocycles. The summed E-state index contributed by atoms with van der Waals surface area (Å²) in [5, 5.41) is 26.3. The summed E-state index contributed by atoms with van der Waals surface area (Å²) in [5.41, 5.74) is 10.8. The standard InChI is InChI=1S/C20H37N5O7/c1-6-10(4)15(18(29)23-13(20(31)32)8-14(22)27)24-19(30)16(11(5)26)25-17(28)12(21)7-9(2)3/h9-13,15-16,26H,6-8,21H2,1-5H3,(H2,22,27)(H,23,29)(H,24,30)(H,25,28)(H,31,32). The van der Waals surface area contributed by atoms with E-state index in [0.717, 1.165) is 0 Å². The molecule has 0 aliphatic rings. The first-order valence-electron chi connectivity index (χ1n) is 10.6. The van der Waals surface area contributed by atoms with Gasteiger partial charge in [0.1, 0.15) is 18.1 Å². The van der Waals surface area contributed by atoms with E-state index in [-0.39, 0.29) is 5.92 Å². The topological polar surface area (TPSA) is 214 Å². The van der Waals surface area contributed by atoms with E-state index < -0.39 is 72.2 Å². The Bertz CT molecular complexity index is 683. The van der Waals surface area contributed by atoms with Crippen LogP contribution >= 0.6 is 0 Å². The molecule has 12 heteroatoms. The number of carboxylic acids is 1. The van der Waals surface area contributed by atoms with E-state index in [1.54, 1.807) is 13.8 Å². The first-order chi connectivity index (χ1) is 14.7. The molecule has 32 heavy (non-hydrogen) atoms. The monoisotopic (exact) mass is 459 g/mol. The minimum Gasteiger partial charge on any atom is -0.480 e. The summed E-state index contributed by atoms with van der Waals surface area (Å²) >= 11 is 0. The fourth-order valence-electron chi connectivity index (χ4n) is 2.89. The zero-order valence-electron chi connectivity index (χ0n) is 19.3. The molecule has 6 atom stereocenters. The van der Waals surface area contributed by atoms with Crippen molar-refractivity contribution in [1.29, 1.82) is 0 Å². The van der Waals surface area contributed by atoms with Crippen molar-refractivity contribution < 1.29 is 34.2 Å². The van der Waals surface area contributed by atoms with E-state index in [2.05, 4.69) is 16.0 Å². The number of amides is 4. The van der Waals surface area contributed by atoms with Crippen LogP contribution in [0.2, 0.25) is 0 Å². The van der Waals surface area contributed by atoms with E-state index in [9.17, 15) is 34.2 Å². The average molecular weight is 460 g/mol. The van der Waals surface area contributed by atoms with Gasteiger partial charge in [0.15, 0.2) is 0 Å². The van der Waals surface area contributed by atoms with E-state index in [0.29, 0.717) is 12.8 Å². The van der Waals surface area contributed by atoms with Crippen molar-refractivity contribution >= 4 is 29.6 Å². The first-order valence-corrected chi connectivity index (χ1v) is 10.6. The van der Waals surface area contributed by atoms with Crippen LogP contribution in [-0.4, -0.2) is 70.1 Å². The molecule has 0 aromatic carbocycles. The molecule has 12 nitrogen and oxygen atoms in total. The number of carbonyl (C=O) groups is 5. The summed E-state index contributed by atoms with van der Waals surface area (Å²) in [6, 6.07) is -5.03. The molecule has 0 rings (SSSR count). The Balaban J connectivity index is 5.50. The summed E-state index contributed by atoms with van der Waals surface area (Å²) in [4.78, 5) is 60.2. The van der Waals surface area contributed by atoms with E-state index >= 15 is 0 Å². The molecule has 0 spiro atoms. The summed E-state index contributed by atoms with van der Waals surface area (Å²) in [7, 11) is 0. The number of hydrogen-bond acceptors (Lipinski definition) is 7. The maximum Gasteiger partial charge on any atom is 0.326 e. The highest BCUT2D eigenvalue weighted by molar-refractivity contribution is 5.95. The SMILES string of the molecule is CCC(C)C(NC(=O)C(NC(=O)C(N)CC(C)C)C(C)O)C(=O)NC(CC(N)=O)C(=O)O. The number of aliphatic carboxylic acids is 1. The van der Waals surface area contributed by atoms with Crippen molar-refractivity contribution in [1.82, 2.24) is 16.0 Å². The Hall–Kier alpha value is -2.73. The van der Waals surface area contributed by atoms with Gasteiger partial charge in [0.25, 0.3) is 0 Å². The number of primary amides is 1. The van der Waals surface area contributed by atoms with E-state index in [1.165, 1.54) is 6.92 Å². The second-order valence-corrected chi connectivity index (χ2v) is 8.40. The van der Waals surface area contributed by atoms with Gasteiger partial charge in [-0.15, -0.1) is 0 Å². The summed E-state index contributed by atoms with van der Waals surface area (Å²) < 4.78 is 0. The van der Waals surface area contributed by atoms with Crippen molar-refractivity contribution in [3.8, 4) is 0 Å². The molecule has 0 radical (unpaired) electrons. The molecule has 0 bridgehead atoms. The van der Waals surface area contributed by atoms with E-state index in [1.807, 2.05) is 13.8 Å². The van der Waals surface area contributed by atoms with Gasteiger partial charge in [-0.05, 0) is 25.2 Å². The summed E-state index contributed by atoms with van der Waals surface area (Å²) in [5.74, 6) is -4.99. The number of carboxylic acid groups (broad SMARTS) is 1. The van der Waals surface area contributed by atoms with Crippen LogP contribution in [0.1, 0.15) is 53.9 Å². The van der Waals surface area contributed by atoms with Gasteiger partial charge in [-0.3, -0.25) is 19.2 Å². The lowest BCUT2D eigenvalue weighted by molar-refractivity contribution is -0.144. The highest BCUT2D eigenvalue weighted by Gasteiger charge is 2.34. The van der Waals surface area contributed by atoms with Gasteiger partial charge >= 0.3 is 5.97 Å². The predicted octanol–water partition coefficient (Wildman–Crippen LogP) is -1.80. The average Bonchev–Trinajstić information content (AvgIpc) is 2.67. The van der Waals surface area contributed by atoms with Crippen molar-refractivity contribution in [2.75, 3.05) is 0 Å². The second-order valence-electron chi connectivity index (χ2n) is 8.40. The van der Waals surface area contributed by atoms with Crippen LogP contribution in [-0.2, 0) is 24.0 Å². The fraction of sp³-hybridized carbons (Fsp3) is 0.750. The third-order valence-electron chi connectivity index (χ3n) is 4.94. The van der Waals surface area contributed by atoms with Gasteiger partial charge in [0, 0.05) is 0 Å². The maximum absolute atomic E-state index is 12.8. The second kappa shape index (κ2) is 13.6. The Kier molecular flexibility index (Phi) is 12.5. The predicted molar refractivity (Wildman–Crippen MR) is 116 cm³/mol. The largest absolute Gasteiger partial charge is 0.480 e. The minimum atomic E-state index is -1.57. The van der Waals surface area contributed by atoms with Crippen LogP contribution in [0.25, 0.3) is 0 Å². The van der Waals surface area contributed by atoms with Gasteiger partial charge in [-0.25, -0.2) is 4.79 Å². The van der Waals surface area contributed by atoms with Crippen LogP contribution in [0.3, 0.4) is 0 Å². The number of aliphatic hydroxyl groups is 1. The molecule has 0 fully saturated rings. The molecule has 0 saturated carbocycles. The Morgan fingerprint density at radius 1 is 0.875 bits per heavy atom. The Labute approximate surface area is 187 Å². The molecule has 0 heterocycles. The number of nitrogens with one attached hydrogen (secondary N) is 3. The zero-order chi connectivity index (χ0) is 25.2. The van der Waals surface area contributed by atoms with Crippen molar-refractivity contribution in [2.24, 2.45) is 23.3 Å². The van der Waals surface area contributed by atoms with Crippen LogP contribution in [0.15, 0.2) is 0 Å². The van der Waals surface area contributed by atoms with Gasteiger partial charge in [-0.1, -0.05) is 34.1 Å². The molecule has 0 saturated heterocycles. The van der Waals surface area contributed by atoms with Gasteiger partial charge in [-0.2, -0.15) is 0 Å². The summed E-state index contributed by atoms with van der Waals surface area (Å²) in [6.45, 7) is 8.47. The van der Waals surface area contributed by atoms with Gasteiger partial charge in [0.05, 0.1) is 18.6 Å². The van der Waals surface area contributed by atoms with E-state index in [4.69, 9.17) is 11.5 Å². The molecule has 184 valence electrons. The lowest BCUT2D eigenvalue weighted by Gasteiger charge is -2.29. The lowest BCUT2D eigenvalue weighted by Crippen LogP contribution is -2.61. The van der Waals surface area contributed by atoms with Gasteiger partial charge in [0.2, 0.25) is 23.6 Å². The number of nitrogens with two attached hydrogens (primary N) is 2. The molecule has 0 aliphatic carbocycles. The van der Waals surface area contributed by atoms with Crippen LogP contribution in [0.5, 0.6) is 0 Å². The highest BCUT2D eigenvalue weighted by atomic mass is 16.4. The number of rotatable bonds is 14. The quantitative estimate of drug-likeness (QED) is 0.157. The molecule has 6 unspecified atom stereocenters. The minimum absolute atomic E-state index is 0.135. The Morgan fingerprint density at radius 3 is 1.78 bits per heavy atom. The number of hydrogen-bond donors (Lipinski definition) is 7. The summed E-state index contributed by atoms with van der Waals surface area (Å²) in [6.07, 6.45) is -1.11. The van der Waals surface area contributed by atoms with Crippen molar-refractivity contribution in [2.45, 2.75) is 84.2 Å². The van der Waals surface area contributed by atoms with Crippen molar-refractivity contribution in [3.63, 3.8) is 0 Å². The molecule has 0 aromatic rings. The molecule has 9 N–H and O–H groups in total. The van der Waals surface area contributed by atoms with Crippen LogP contribution in [0, 0.1) is 11.8 Å².